The van der Waals surface area contributed by atoms with Crippen LogP contribution in [0, 0.1) is 0 Å². The van der Waals surface area contributed by atoms with Crippen LogP contribution in [0.15, 0.2) is 24.3 Å². The molecule has 2 rings (SSSR count). The van der Waals surface area contributed by atoms with Gasteiger partial charge in [0.05, 0.1) is 6.42 Å². The van der Waals surface area contributed by atoms with Gasteiger partial charge in [-0.2, -0.15) is 0 Å². The second kappa shape index (κ2) is 7.41. The first-order valence-corrected chi connectivity index (χ1v) is 7.43. The number of hydrogen-bond donors (Lipinski definition) is 2. The minimum atomic E-state index is 0.152. The molecule has 1 atom stereocenters. The molecule has 0 saturated carbocycles. The molecule has 3 N–H and O–H groups in total. The van der Waals surface area contributed by atoms with Crippen LogP contribution in [-0.2, 0) is 17.8 Å². The molecule has 20 heavy (non-hydrogen) atoms. The highest BCUT2D eigenvalue weighted by Gasteiger charge is 2.25. The van der Waals surface area contributed by atoms with Crippen LogP contribution in [0.5, 0.6) is 0 Å². The van der Waals surface area contributed by atoms with E-state index in [4.69, 9.17) is 10.8 Å². The highest BCUT2D eigenvalue weighted by atomic mass is 16.3. The van der Waals surface area contributed by atoms with E-state index in [1.165, 1.54) is 0 Å². The van der Waals surface area contributed by atoms with E-state index in [1.54, 1.807) is 0 Å². The first-order chi connectivity index (χ1) is 9.74. The number of benzene rings is 1. The van der Waals surface area contributed by atoms with Crippen molar-refractivity contribution in [3.63, 3.8) is 0 Å². The molecule has 1 saturated heterocycles. The molecule has 1 aromatic rings. The average molecular weight is 276 g/mol. The van der Waals surface area contributed by atoms with Crippen molar-refractivity contribution in [3.05, 3.63) is 35.4 Å². The summed E-state index contributed by atoms with van der Waals surface area (Å²) in [6.45, 7) is 1.50. The van der Waals surface area contributed by atoms with E-state index in [2.05, 4.69) is 0 Å². The summed E-state index contributed by atoms with van der Waals surface area (Å²) in [4.78, 5) is 14.4. The maximum Gasteiger partial charge on any atom is 0.227 e. The summed E-state index contributed by atoms with van der Waals surface area (Å²) in [6.07, 6.45) is 4.36. The Morgan fingerprint density at radius 2 is 1.95 bits per heavy atom. The number of likely N-dealkylation sites (tertiary alicyclic amines) is 1. The fourth-order valence-electron chi connectivity index (χ4n) is 2.85. The Kier molecular flexibility index (Phi) is 5.56. The van der Waals surface area contributed by atoms with Gasteiger partial charge in [-0.1, -0.05) is 24.3 Å². The first-order valence-electron chi connectivity index (χ1n) is 7.43. The number of nitrogens with zero attached hydrogens (tertiary/aromatic N) is 1. The molecule has 0 bridgehead atoms. The monoisotopic (exact) mass is 276 g/mol. The molecule has 0 spiro atoms. The van der Waals surface area contributed by atoms with Crippen molar-refractivity contribution in [3.8, 4) is 0 Å². The Balaban J connectivity index is 1.98. The molecular formula is C16H24N2O2. The highest BCUT2D eigenvalue weighted by molar-refractivity contribution is 5.79. The summed E-state index contributed by atoms with van der Waals surface area (Å²) in [6, 6.07) is 8.12. The molecule has 0 radical (unpaired) electrons. The molecule has 1 unspecified atom stereocenters. The molecule has 1 fully saturated rings. The fourth-order valence-corrected chi connectivity index (χ4v) is 2.85. The SMILES string of the molecule is NCc1ccc(CC(=O)N2CCCCC2CCO)cc1. The van der Waals surface area contributed by atoms with Crippen molar-refractivity contribution in [2.75, 3.05) is 13.2 Å². The van der Waals surface area contributed by atoms with Crippen molar-refractivity contribution in [2.45, 2.75) is 44.7 Å². The van der Waals surface area contributed by atoms with Gasteiger partial charge < -0.3 is 15.7 Å². The summed E-state index contributed by atoms with van der Waals surface area (Å²) in [5, 5.41) is 9.12. The predicted molar refractivity (Wildman–Crippen MR) is 79.1 cm³/mol. The lowest BCUT2D eigenvalue weighted by Crippen LogP contribution is -2.44. The van der Waals surface area contributed by atoms with E-state index < -0.39 is 0 Å². The Morgan fingerprint density at radius 3 is 2.60 bits per heavy atom. The topological polar surface area (TPSA) is 66.6 Å². The second-order valence-electron chi connectivity index (χ2n) is 5.45. The number of carbonyl (C=O) groups is 1. The Morgan fingerprint density at radius 1 is 1.25 bits per heavy atom. The summed E-state index contributed by atoms with van der Waals surface area (Å²) in [7, 11) is 0. The van der Waals surface area contributed by atoms with E-state index in [0.29, 0.717) is 19.4 Å². The molecule has 4 nitrogen and oxygen atoms in total. The third-order valence-electron chi connectivity index (χ3n) is 4.02. The van der Waals surface area contributed by atoms with Gasteiger partial charge in [-0.15, -0.1) is 0 Å². The number of hydrogen-bond acceptors (Lipinski definition) is 3. The van der Waals surface area contributed by atoms with Gasteiger partial charge in [0.25, 0.3) is 0 Å². The Hall–Kier alpha value is -1.39. The standard InChI is InChI=1S/C16H24N2O2/c17-12-14-6-4-13(5-7-14)11-16(20)18-9-2-1-3-15(18)8-10-19/h4-7,15,19H,1-3,8-12,17H2. The van der Waals surface area contributed by atoms with Crippen LogP contribution in [0.4, 0.5) is 0 Å². The maximum absolute atomic E-state index is 12.4. The molecule has 1 aliphatic heterocycles. The number of carbonyl (C=O) groups excluding carboxylic acids is 1. The minimum Gasteiger partial charge on any atom is -0.396 e. The Bertz CT molecular complexity index is 429. The smallest absolute Gasteiger partial charge is 0.227 e. The van der Waals surface area contributed by atoms with Gasteiger partial charge in [0.1, 0.15) is 0 Å². The second-order valence-corrected chi connectivity index (χ2v) is 5.45. The number of nitrogens with two attached hydrogens (primary N) is 1. The predicted octanol–water partition coefficient (Wildman–Crippen LogP) is 1.45. The van der Waals surface area contributed by atoms with Gasteiger partial charge in [0, 0.05) is 25.7 Å². The minimum absolute atomic E-state index is 0.152. The first kappa shape index (κ1) is 15.0. The van der Waals surface area contributed by atoms with Gasteiger partial charge >= 0.3 is 0 Å². The number of piperidine rings is 1. The van der Waals surface area contributed by atoms with Crippen molar-refractivity contribution in [1.82, 2.24) is 4.90 Å². The van der Waals surface area contributed by atoms with Gasteiger partial charge in [0.15, 0.2) is 0 Å². The maximum atomic E-state index is 12.4. The van der Waals surface area contributed by atoms with Crippen LogP contribution in [0.1, 0.15) is 36.8 Å². The lowest BCUT2D eigenvalue weighted by Gasteiger charge is -2.35. The van der Waals surface area contributed by atoms with Crippen molar-refractivity contribution < 1.29 is 9.90 Å². The van der Waals surface area contributed by atoms with Gasteiger partial charge in [0.2, 0.25) is 5.91 Å². The van der Waals surface area contributed by atoms with E-state index in [1.807, 2.05) is 29.2 Å². The molecule has 0 aromatic heterocycles. The van der Waals surface area contributed by atoms with Gasteiger partial charge in [-0.25, -0.2) is 0 Å². The lowest BCUT2D eigenvalue weighted by molar-refractivity contribution is -0.134. The van der Waals surface area contributed by atoms with Crippen LogP contribution >= 0.6 is 0 Å². The van der Waals surface area contributed by atoms with Crippen LogP contribution in [0.25, 0.3) is 0 Å². The summed E-state index contributed by atoms with van der Waals surface area (Å²) < 4.78 is 0. The number of aliphatic hydroxyl groups is 1. The van der Waals surface area contributed by atoms with Crippen molar-refractivity contribution in [1.29, 1.82) is 0 Å². The molecule has 4 heteroatoms. The molecule has 110 valence electrons. The van der Waals surface area contributed by atoms with Gasteiger partial charge in [-0.3, -0.25) is 4.79 Å². The average Bonchev–Trinajstić information content (AvgIpc) is 2.49. The van der Waals surface area contributed by atoms with E-state index in [-0.39, 0.29) is 18.6 Å². The Labute approximate surface area is 120 Å². The zero-order valence-electron chi connectivity index (χ0n) is 11.9. The molecule has 1 aromatic carbocycles. The van der Waals surface area contributed by atoms with Crippen molar-refractivity contribution in [2.24, 2.45) is 5.73 Å². The zero-order valence-corrected chi connectivity index (χ0v) is 11.9. The normalized spacial score (nSPS) is 19.1. The quantitative estimate of drug-likeness (QED) is 0.855. The van der Waals surface area contributed by atoms with Crippen LogP contribution < -0.4 is 5.73 Å². The lowest BCUT2D eigenvalue weighted by atomic mass is 9.98. The molecule has 0 aliphatic carbocycles. The van der Waals surface area contributed by atoms with Crippen LogP contribution in [0.3, 0.4) is 0 Å². The van der Waals surface area contributed by atoms with Crippen LogP contribution in [0.2, 0.25) is 0 Å². The summed E-state index contributed by atoms with van der Waals surface area (Å²) in [5.41, 5.74) is 7.68. The molecule has 1 amide bonds. The third kappa shape index (κ3) is 3.81. The zero-order chi connectivity index (χ0) is 14.4. The van der Waals surface area contributed by atoms with Gasteiger partial charge in [-0.05, 0) is 36.8 Å². The number of aliphatic hydroxyl groups excluding tert-OH is 1. The summed E-state index contributed by atoms with van der Waals surface area (Å²) in [5.74, 6) is 0.170. The van der Waals surface area contributed by atoms with Crippen LogP contribution in [-0.4, -0.2) is 35.1 Å². The number of amides is 1. The number of rotatable bonds is 5. The molecular weight excluding hydrogens is 252 g/mol. The summed E-state index contributed by atoms with van der Waals surface area (Å²) >= 11 is 0. The fraction of sp³-hybridized carbons (Fsp3) is 0.562. The molecule has 1 heterocycles. The van der Waals surface area contributed by atoms with E-state index >= 15 is 0 Å². The molecule has 1 aliphatic rings. The highest BCUT2D eigenvalue weighted by Crippen LogP contribution is 2.20. The van der Waals surface area contributed by atoms with Crippen molar-refractivity contribution >= 4 is 5.91 Å². The van der Waals surface area contributed by atoms with E-state index in [0.717, 1.165) is 36.9 Å². The third-order valence-corrected chi connectivity index (χ3v) is 4.02. The largest absolute Gasteiger partial charge is 0.396 e. The van der Waals surface area contributed by atoms with E-state index in [9.17, 15) is 4.79 Å².